The number of thioether (sulfide) groups is 1. The molecule has 2 aromatic carbocycles. The lowest BCUT2D eigenvalue weighted by atomic mass is 10.2. The van der Waals surface area contributed by atoms with Crippen molar-refractivity contribution in [1.29, 1.82) is 5.26 Å². The first-order valence-corrected chi connectivity index (χ1v) is 6.85. The number of ether oxygens (including phenoxy) is 1. The van der Waals surface area contributed by atoms with Crippen molar-refractivity contribution in [2.24, 2.45) is 0 Å². The minimum absolute atomic E-state index is 0.399. The number of hydrogen-bond donors (Lipinski definition) is 0. The van der Waals surface area contributed by atoms with E-state index in [-0.39, 0.29) is 0 Å². The fourth-order valence-electron chi connectivity index (χ4n) is 1.43. The Bertz CT molecular complexity index is 590. The zero-order valence-corrected chi connectivity index (χ0v) is 11.3. The third-order valence-electron chi connectivity index (χ3n) is 2.36. The van der Waals surface area contributed by atoms with Crippen LogP contribution in [0, 0.1) is 11.3 Å². The second-order valence-corrected chi connectivity index (χ2v) is 4.82. The van der Waals surface area contributed by atoms with E-state index in [9.17, 15) is 0 Å². The Kier molecular flexibility index (Phi) is 4.14. The maximum absolute atomic E-state index is 8.78. The van der Waals surface area contributed by atoms with Crippen molar-refractivity contribution in [2.45, 2.75) is 4.90 Å². The van der Waals surface area contributed by atoms with Crippen molar-refractivity contribution in [3.05, 3.63) is 53.1 Å². The first-order chi connectivity index (χ1) is 8.72. The van der Waals surface area contributed by atoms with Crippen LogP contribution in [0.2, 0.25) is 5.02 Å². The summed E-state index contributed by atoms with van der Waals surface area (Å²) in [5, 5.41) is 9.18. The summed E-state index contributed by atoms with van der Waals surface area (Å²) in [6.45, 7) is 0. The Hall–Kier alpha value is -1.63. The SMILES string of the molecule is CSc1ccc(Oc2ccc(C#N)c(Cl)c2)cc1. The lowest BCUT2D eigenvalue weighted by Gasteiger charge is -2.07. The van der Waals surface area contributed by atoms with Crippen molar-refractivity contribution < 1.29 is 4.74 Å². The van der Waals surface area contributed by atoms with Crippen LogP contribution in [0.15, 0.2) is 47.4 Å². The van der Waals surface area contributed by atoms with Crippen LogP contribution in [0.3, 0.4) is 0 Å². The Morgan fingerprint density at radius 3 is 2.33 bits per heavy atom. The van der Waals surface area contributed by atoms with Gasteiger partial charge in [0.1, 0.15) is 17.6 Å². The minimum Gasteiger partial charge on any atom is -0.457 e. The molecule has 0 aliphatic heterocycles. The van der Waals surface area contributed by atoms with Crippen molar-refractivity contribution in [3.8, 4) is 17.6 Å². The van der Waals surface area contributed by atoms with Crippen molar-refractivity contribution in [1.82, 2.24) is 0 Å². The molecule has 0 aromatic heterocycles. The van der Waals surface area contributed by atoms with Gasteiger partial charge in [0, 0.05) is 11.0 Å². The lowest BCUT2D eigenvalue weighted by Crippen LogP contribution is -1.85. The van der Waals surface area contributed by atoms with Crippen LogP contribution in [-0.2, 0) is 0 Å². The van der Waals surface area contributed by atoms with Crippen molar-refractivity contribution in [3.63, 3.8) is 0 Å². The average Bonchev–Trinajstić information content (AvgIpc) is 2.40. The van der Waals surface area contributed by atoms with E-state index in [2.05, 4.69) is 0 Å². The van der Waals surface area contributed by atoms with Crippen LogP contribution in [0.25, 0.3) is 0 Å². The van der Waals surface area contributed by atoms with Crippen LogP contribution in [0.5, 0.6) is 11.5 Å². The zero-order valence-electron chi connectivity index (χ0n) is 9.68. The van der Waals surface area contributed by atoms with Crippen LogP contribution in [0.4, 0.5) is 0 Å². The maximum Gasteiger partial charge on any atom is 0.129 e. The van der Waals surface area contributed by atoms with Gasteiger partial charge in [0.05, 0.1) is 10.6 Å². The zero-order chi connectivity index (χ0) is 13.0. The molecule has 0 heterocycles. The van der Waals surface area contributed by atoms with E-state index in [0.29, 0.717) is 16.3 Å². The third kappa shape index (κ3) is 2.98. The molecule has 0 bridgehead atoms. The lowest BCUT2D eigenvalue weighted by molar-refractivity contribution is 0.482. The molecule has 0 saturated heterocycles. The molecule has 0 saturated carbocycles. The number of hydrogen-bond acceptors (Lipinski definition) is 3. The number of rotatable bonds is 3. The predicted octanol–water partition coefficient (Wildman–Crippen LogP) is 4.73. The highest BCUT2D eigenvalue weighted by Crippen LogP contribution is 2.27. The topological polar surface area (TPSA) is 33.0 Å². The van der Waals surface area contributed by atoms with Gasteiger partial charge in [-0.1, -0.05) is 11.6 Å². The molecule has 0 unspecified atom stereocenters. The molecule has 0 amide bonds. The Labute approximate surface area is 115 Å². The quantitative estimate of drug-likeness (QED) is 0.760. The number of nitrogens with zero attached hydrogens (tertiary/aromatic N) is 1. The minimum atomic E-state index is 0.399. The van der Waals surface area contributed by atoms with Crippen molar-refractivity contribution in [2.75, 3.05) is 6.26 Å². The van der Waals surface area contributed by atoms with E-state index in [1.54, 1.807) is 30.0 Å². The first kappa shape index (κ1) is 12.8. The molecule has 4 heteroatoms. The van der Waals surface area contributed by atoms with Gasteiger partial charge in [0.15, 0.2) is 0 Å². The molecule has 0 aliphatic rings. The third-order valence-corrected chi connectivity index (χ3v) is 3.41. The van der Waals surface area contributed by atoms with Gasteiger partial charge in [0.2, 0.25) is 0 Å². The summed E-state index contributed by atoms with van der Waals surface area (Å²) in [5.74, 6) is 1.37. The monoisotopic (exact) mass is 275 g/mol. The van der Waals surface area contributed by atoms with Gasteiger partial charge in [-0.2, -0.15) is 5.26 Å². The van der Waals surface area contributed by atoms with Crippen LogP contribution >= 0.6 is 23.4 Å². The predicted molar refractivity (Wildman–Crippen MR) is 74.5 cm³/mol. The van der Waals surface area contributed by atoms with Gasteiger partial charge < -0.3 is 4.74 Å². The van der Waals surface area contributed by atoms with Crippen LogP contribution < -0.4 is 4.74 Å². The van der Waals surface area contributed by atoms with E-state index in [4.69, 9.17) is 21.6 Å². The van der Waals surface area contributed by atoms with Crippen molar-refractivity contribution >= 4 is 23.4 Å². The number of halogens is 1. The molecule has 90 valence electrons. The highest BCUT2D eigenvalue weighted by molar-refractivity contribution is 7.98. The summed E-state index contributed by atoms with van der Waals surface area (Å²) in [7, 11) is 0. The highest BCUT2D eigenvalue weighted by atomic mass is 35.5. The summed E-state index contributed by atoms with van der Waals surface area (Å²) in [6, 6.07) is 14.8. The fraction of sp³-hybridized carbons (Fsp3) is 0.0714. The largest absolute Gasteiger partial charge is 0.457 e. The molecule has 0 fully saturated rings. The van der Waals surface area contributed by atoms with E-state index in [1.807, 2.05) is 36.6 Å². The normalized spacial score (nSPS) is 9.83. The van der Waals surface area contributed by atoms with E-state index in [0.717, 1.165) is 5.75 Å². The van der Waals surface area contributed by atoms with Crippen LogP contribution in [0.1, 0.15) is 5.56 Å². The summed E-state index contributed by atoms with van der Waals surface area (Å²) in [5.41, 5.74) is 0.446. The molecule has 0 radical (unpaired) electrons. The second-order valence-electron chi connectivity index (χ2n) is 3.53. The molecule has 2 rings (SSSR count). The highest BCUT2D eigenvalue weighted by Gasteiger charge is 2.03. The summed E-state index contributed by atoms with van der Waals surface area (Å²) in [4.78, 5) is 1.18. The average molecular weight is 276 g/mol. The Balaban J connectivity index is 2.18. The van der Waals surface area contributed by atoms with Gasteiger partial charge in [0.25, 0.3) is 0 Å². The number of benzene rings is 2. The van der Waals surface area contributed by atoms with Gasteiger partial charge in [-0.05, 0) is 42.7 Å². The van der Waals surface area contributed by atoms with E-state index in [1.165, 1.54) is 4.90 Å². The van der Waals surface area contributed by atoms with Gasteiger partial charge >= 0.3 is 0 Å². The molecule has 0 N–H and O–H groups in total. The van der Waals surface area contributed by atoms with E-state index >= 15 is 0 Å². The second kappa shape index (κ2) is 5.81. The molecule has 18 heavy (non-hydrogen) atoms. The van der Waals surface area contributed by atoms with Gasteiger partial charge in [-0.25, -0.2) is 0 Å². The van der Waals surface area contributed by atoms with Crippen LogP contribution in [-0.4, -0.2) is 6.26 Å². The molecular formula is C14H10ClNOS. The maximum atomic E-state index is 8.78. The first-order valence-electron chi connectivity index (χ1n) is 5.24. The smallest absolute Gasteiger partial charge is 0.129 e. The van der Waals surface area contributed by atoms with Gasteiger partial charge in [-0.15, -0.1) is 11.8 Å². The molecule has 0 spiro atoms. The molecule has 0 atom stereocenters. The summed E-state index contributed by atoms with van der Waals surface area (Å²) >= 11 is 7.62. The Morgan fingerprint density at radius 2 is 1.78 bits per heavy atom. The fourth-order valence-corrected chi connectivity index (χ4v) is 2.05. The molecule has 2 nitrogen and oxygen atoms in total. The Morgan fingerprint density at radius 1 is 1.11 bits per heavy atom. The van der Waals surface area contributed by atoms with Gasteiger partial charge in [-0.3, -0.25) is 0 Å². The standard InChI is InChI=1S/C14H10ClNOS/c1-18-13-6-4-11(5-7-13)17-12-3-2-10(9-16)14(15)8-12/h2-8H,1H3. The summed E-state index contributed by atoms with van der Waals surface area (Å²) in [6.07, 6.45) is 2.02. The summed E-state index contributed by atoms with van der Waals surface area (Å²) < 4.78 is 5.66. The molecule has 0 aliphatic carbocycles. The number of nitriles is 1. The molecule has 2 aromatic rings. The van der Waals surface area contributed by atoms with E-state index < -0.39 is 0 Å². The molecular weight excluding hydrogens is 266 g/mol.